The summed E-state index contributed by atoms with van der Waals surface area (Å²) in [7, 11) is 0. The molecule has 0 spiro atoms. The summed E-state index contributed by atoms with van der Waals surface area (Å²) in [6.07, 6.45) is -3.26. The maximum absolute atomic E-state index is 13.0. The molecule has 1 saturated heterocycles. The zero-order chi connectivity index (χ0) is 21.7. The number of ether oxygens (including phenoxy) is 1. The Labute approximate surface area is 192 Å². The maximum atomic E-state index is 13.0. The Balaban J connectivity index is 0.00000450. The van der Waals surface area contributed by atoms with E-state index in [0.29, 0.717) is 38.1 Å². The van der Waals surface area contributed by atoms with E-state index in [-0.39, 0.29) is 48.6 Å². The molecule has 30 heavy (non-hydrogen) atoms. The van der Waals surface area contributed by atoms with Crippen molar-refractivity contribution in [3.63, 3.8) is 0 Å². The largest absolute Gasteiger partial charge is 0.450 e. The lowest BCUT2D eigenvalue weighted by atomic mass is 9.84. The molecule has 0 unspecified atom stereocenters. The highest BCUT2D eigenvalue weighted by Gasteiger charge is 2.32. The molecular weight excluding hydrogens is 512 g/mol. The van der Waals surface area contributed by atoms with Crippen LogP contribution in [0.5, 0.6) is 0 Å². The van der Waals surface area contributed by atoms with Gasteiger partial charge in [0.1, 0.15) is 0 Å². The average molecular weight is 542 g/mol. The number of likely N-dealkylation sites (tertiary alicyclic amines) is 1. The number of carbonyl (C=O) groups is 1. The van der Waals surface area contributed by atoms with Crippen LogP contribution in [0.15, 0.2) is 29.3 Å². The summed E-state index contributed by atoms with van der Waals surface area (Å²) in [6.45, 7) is 7.16. The fourth-order valence-electron chi connectivity index (χ4n) is 3.17. The maximum Gasteiger partial charge on any atom is 0.416 e. The number of nitrogens with one attached hydrogen (secondary N) is 1. The topological polar surface area (TPSA) is 80.0 Å². The van der Waals surface area contributed by atoms with Crippen molar-refractivity contribution in [3.8, 4) is 0 Å². The first-order valence-electron chi connectivity index (χ1n) is 9.69. The molecule has 6 nitrogen and oxygen atoms in total. The Morgan fingerprint density at radius 2 is 1.87 bits per heavy atom. The van der Waals surface area contributed by atoms with E-state index in [1.807, 2.05) is 13.8 Å². The summed E-state index contributed by atoms with van der Waals surface area (Å²) in [5, 5.41) is 3.14. The highest BCUT2D eigenvalue weighted by Crippen LogP contribution is 2.32. The Morgan fingerprint density at radius 1 is 1.27 bits per heavy atom. The fourth-order valence-corrected chi connectivity index (χ4v) is 3.17. The monoisotopic (exact) mass is 542 g/mol. The first-order chi connectivity index (χ1) is 13.5. The van der Waals surface area contributed by atoms with Crippen molar-refractivity contribution in [1.82, 2.24) is 10.2 Å². The lowest BCUT2D eigenvalue weighted by molar-refractivity contribution is -0.137. The van der Waals surface area contributed by atoms with Crippen molar-refractivity contribution < 1.29 is 22.7 Å². The minimum absolute atomic E-state index is 0. The van der Waals surface area contributed by atoms with Gasteiger partial charge in [-0.3, -0.25) is 4.99 Å². The van der Waals surface area contributed by atoms with Crippen LogP contribution in [0.2, 0.25) is 0 Å². The average Bonchev–Trinajstić information content (AvgIpc) is 2.67. The first kappa shape index (κ1) is 26.3. The van der Waals surface area contributed by atoms with Crippen molar-refractivity contribution in [2.75, 3.05) is 26.2 Å². The number of hydrogen-bond donors (Lipinski definition) is 2. The van der Waals surface area contributed by atoms with E-state index in [2.05, 4.69) is 10.3 Å². The molecule has 3 N–H and O–H groups in total. The van der Waals surface area contributed by atoms with Crippen molar-refractivity contribution in [3.05, 3.63) is 35.4 Å². The number of amides is 1. The fraction of sp³-hybridized carbons (Fsp3) is 0.600. The second-order valence-electron chi connectivity index (χ2n) is 7.77. The second kappa shape index (κ2) is 11.1. The van der Waals surface area contributed by atoms with Gasteiger partial charge in [-0.15, -0.1) is 24.0 Å². The Kier molecular flexibility index (Phi) is 9.70. The molecule has 170 valence electrons. The SMILES string of the molecule is CCOC(=O)N1CCC(NC(N)=NCC(C)(C)c2cccc(C(F)(F)F)c2)CC1.I. The van der Waals surface area contributed by atoms with Crippen LogP contribution in [0.25, 0.3) is 0 Å². The van der Waals surface area contributed by atoms with Gasteiger partial charge in [0.15, 0.2) is 5.96 Å². The molecule has 10 heteroatoms. The molecule has 1 aliphatic rings. The van der Waals surface area contributed by atoms with Gasteiger partial charge in [0.2, 0.25) is 0 Å². The third kappa shape index (κ3) is 7.51. The number of rotatable bonds is 5. The van der Waals surface area contributed by atoms with Gasteiger partial charge < -0.3 is 20.7 Å². The van der Waals surface area contributed by atoms with Gasteiger partial charge >= 0.3 is 12.3 Å². The number of halogens is 4. The minimum atomic E-state index is -4.38. The number of benzene rings is 1. The molecule has 1 fully saturated rings. The standard InChI is InChI=1S/C20H29F3N4O2.HI/c1-4-29-18(28)27-10-8-16(9-11-27)26-17(24)25-13-19(2,3)14-6-5-7-15(12-14)20(21,22)23;/h5-7,12,16H,4,8-11,13H2,1-3H3,(H3,24,25,26);1H. The number of piperidine rings is 1. The number of nitrogens with zero attached hydrogens (tertiary/aromatic N) is 2. The number of alkyl halides is 3. The highest BCUT2D eigenvalue weighted by atomic mass is 127. The van der Waals surface area contributed by atoms with E-state index in [1.54, 1.807) is 17.9 Å². The first-order valence-corrected chi connectivity index (χ1v) is 9.69. The molecular formula is C20H30F3IN4O2. The Hall–Kier alpha value is -1.72. The van der Waals surface area contributed by atoms with Crippen LogP contribution < -0.4 is 11.1 Å². The van der Waals surface area contributed by atoms with E-state index >= 15 is 0 Å². The molecule has 1 aliphatic heterocycles. The van der Waals surface area contributed by atoms with Gasteiger partial charge in [-0.25, -0.2) is 4.79 Å². The van der Waals surface area contributed by atoms with Gasteiger partial charge in [0.05, 0.1) is 18.7 Å². The van der Waals surface area contributed by atoms with Gasteiger partial charge in [0.25, 0.3) is 0 Å². The van der Waals surface area contributed by atoms with Crippen LogP contribution in [0.1, 0.15) is 44.7 Å². The van der Waals surface area contributed by atoms with Crippen molar-refractivity contribution in [2.45, 2.75) is 51.2 Å². The predicted octanol–water partition coefficient (Wildman–Crippen LogP) is 4.13. The smallest absolute Gasteiger partial charge is 0.416 e. The molecule has 0 bridgehead atoms. The van der Waals surface area contributed by atoms with Crippen LogP contribution >= 0.6 is 24.0 Å². The lowest BCUT2D eigenvalue weighted by Crippen LogP contribution is -2.48. The van der Waals surface area contributed by atoms with Gasteiger partial charge in [-0.05, 0) is 31.4 Å². The number of aliphatic imine (C=N–C) groups is 1. The van der Waals surface area contributed by atoms with Crippen LogP contribution in [0.4, 0.5) is 18.0 Å². The third-order valence-corrected chi connectivity index (χ3v) is 4.99. The van der Waals surface area contributed by atoms with Gasteiger partial charge in [-0.2, -0.15) is 13.2 Å². The van der Waals surface area contributed by atoms with E-state index in [4.69, 9.17) is 10.5 Å². The number of carbonyl (C=O) groups excluding carboxylic acids is 1. The summed E-state index contributed by atoms with van der Waals surface area (Å²) in [6, 6.07) is 5.37. The molecule has 1 aromatic carbocycles. The third-order valence-electron chi connectivity index (χ3n) is 4.99. The Morgan fingerprint density at radius 3 is 2.43 bits per heavy atom. The van der Waals surface area contributed by atoms with Crippen molar-refractivity contribution in [2.24, 2.45) is 10.7 Å². The van der Waals surface area contributed by atoms with Crippen molar-refractivity contribution in [1.29, 1.82) is 0 Å². The van der Waals surface area contributed by atoms with Crippen LogP contribution in [0, 0.1) is 0 Å². The zero-order valence-electron chi connectivity index (χ0n) is 17.5. The molecule has 1 amide bonds. The van der Waals surface area contributed by atoms with Crippen molar-refractivity contribution >= 4 is 36.0 Å². The van der Waals surface area contributed by atoms with Crippen LogP contribution in [-0.4, -0.2) is 49.2 Å². The van der Waals surface area contributed by atoms with E-state index < -0.39 is 17.2 Å². The minimum Gasteiger partial charge on any atom is -0.450 e. The van der Waals surface area contributed by atoms with Gasteiger partial charge in [0, 0.05) is 24.5 Å². The molecule has 1 aromatic rings. The molecule has 0 aromatic heterocycles. The second-order valence-corrected chi connectivity index (χ2v) is 7.77. The summed E-state index contributed by atoms with van der Waals surface area (Å²) >= 11 is 0. The molecule has 2 rings (SSSR count). The van der Waals surface area contributed by atoms with Gasteiger partial charge in [-0.1, -0.05) is 32.0 Å². The molecule has 0 aliphatic carbocycles. The molecule has 0 atom stereocenters. The number of nitrogens with two attached hydrogens (primary N) is 1. The molecule has 0 radical (unpaired) electrons. The van der Waals surface area contributed by atoms with E-state index in [9.17, 15) is 18.0 Å². The lowest BCUT2D eigenvalue weighted by Gasteiger charge is -2.32. The summed E-state index contributed by atoms with van der Waals surface area (Å²) in [5.74, 6) is 0.250. The van der Waals surface area contributed by atoms with E-state index in [1.165, 1.54) is 6.07 Å². The summed E-state index contributed by atoms with van der Waals surface area (Å²) in [4.78, 5) is 17.7. The van der Waals surface area contributed by atoms with E-state index in [0.717, 1.165) is 12.1 Å². The quantitative estimate of drug-likeness (QED) is 0.333. The Bertz CT molecular complexity index is 733. The summed E-state index contributed by atoms with van der Waals surface area (Å²) < 4.78 is 43.9. The normalized spacial score (nSPS) is 16.1. The molecule has 1 heterocycles. The van der Waals surface area contributed by atoms with Crippen LogP contribution in [-0.2, 0) is 16.3 Å². The summed E-state index contributed by atoms with van der Waals surface area (Å²) in [5.41, 5.74) is 5.25. The zero-order valence-corrected chi connectivity index (χ0v) is 19.8. The predicted molar refractivity (Wildman–Crippen MR) is 121 cm³/mol. The molecule has 0 saturated carbocycles. The number of guanidine groups is 1. The highest BCUT2D eigenvalue weighted by molar-refractivity contribution is 14.0. The number of hydrogen-bond acceptors (Lipinski definition) is 3. The van der Waals surface area contributed by atoms with Crippen LogP contribution in [0.3, 0.4) is 0 Å².